The summed E-state index contributed by atoms with van der Waals surface area (Å²) >= 11 is 1.61. The lowest BCUT2D eigenvalue weighted by molar-refractivity contribution is -0.117. The molecule has 0 saturated carbocycles. The van der Waals surface area contributed by atoms with Crippen molar-refractivity contribution in [3.63, 3.8) is 0 Å². The molecular weight excluding hydrogens is 373 g/mol. The Hall–Kier alpha value is -2.86. The molecule has 4 aromatic rings. The van der Waals surface area contributed by atoms with Crippen molar-refractivity contribution in [1.82, 2.24) is 14.6 Å². The van der Waals surface area contributed by atoms with Gasteiger partial charge in [-0.3, -0.25) is 4.79 Å². The Morgan fingerprint density at radius 1 is 1.29 bits per heavy atom. The van der Waals surface area contributed by atoms with E-state index in [2.05, 4.69) is 11.7 Å². The molecule has 0 bridgehead atoms. The summed E-state index contributed by atoms with van der Waals surface area (Å²) in [6.07, 6.45) is 2.25. The molecule has 3 heterocycles. The average molecular weight is 393 g/mol. The van der Waals surface area contributed by atoms with Crippen LogP contribution in [-0.2, 0) is 11.2 Å². The number of hydrogen-bond acceptors (Lipinski definition) is 4. The molecule has 0 spiro atoms. The number of aromatic nitrogens is 3. The van der Waals surface area contributed by atoms with Gasteiger partial charge < -0.3 is 0 Å². The molecule has 0 aliphatic heterocycles. The van der Waals surface area contributed by atoms with Crippen LogP contribution in [0.3, 0.4) is 0 Å². The first-order valence-corrected chi connectivity index (χ1v) is 9.88. The Bertz CT molecular complexity index is 1250. The van der Waals surface area contributed by atoms with Gasteiger partial charge in [0.1, 0.15) is 17.3 Å². The van der Waals surface area contributed by atoms with Crippen LogP contribution in [0, 0.1) is 26.6 Å². The van der Waals surface area contributed by atoms with E-state index in [9.17, 15) is 9.18 Å². The van der Waals surface area contributed by atoms with E-state index in [0.29, 0.717) is 18.5 Å². The molecule has 0 aliphatic carbocycles. The summed E-state index contributed by atoms with van der Waals surface area (Å²) in [5.41, 5.74) is 5.12. The topological polar surface area (TPSA) is 47.3 Å². The number of benzene rings is 1. The molecule has 0 fully saturated rings. The van der Waals surface area contributed by atoms with Crippen molar-refractivity contribution >= 4 is 32.9 Å². The molecule has 1 aromatic carbocycles. The number of hydrogen-bond donors (Lipinski definition) is 0. The highest BCUT2D eigenvalue weighted by molar-refractivity contribution is 7.22. The van der Waals surface area contributed by atoms with Gasteiger partial charge in [0.2, 0.25) is 0 Å². The zero-order chi connectivity index (χ0) is 20.0. The summed E-state index contributed by atoms with van der Waals surface area (Å²) in [4.78, 5) is 17.9. The molecule has 4 nitrogen and oxygen atoms in total. The number of fused-ring (bicyclic) bond motifs is 2. The van der Waals surface area contributed by atoms with Crippen molar-refractivity contribution in [3.8, 4) is 10.6 Å². The summed E-state index contributed by atoms with van der Waals surface area (Å²) in [6, 6.07) is 6.78. The molecule has 3 aromatic heterocycles. The van der Waals surface area contributed by atoms with E-state index in [1.807, 2.05) is 37.4 Å². The second kappa shape index (κ2) is 6.95. The van der Waals surface area contributed by atoms with Gasteiger partial charge in [0.25, 0.3) is 0 Å². The number of aryl methyl sites for hydroxylation is 3. The number of ketones is 1. The number of carbonyl (C=O) groups is 1. The summed E-state index contributed by atoms with van der Waals surface area (Å²) in [5, 5.41) is 5.58. The molecule has 0 atom stereocenters. The van der Waals surface area contributed by atoms with Crippen molar-refractivity contribution < 1.29 is 9.18 Å². The highest BCUT2D eigenvalue weighted by Crippen LogP contribution is 2.40. The number of halogens is 1. The molecule has 0 amide bonds. The van der Waals surface area contributed by atoms with E-state index in [1.165, 1.54) is 6.07 Å². The van der Waals surface area contributed by atoms with Crippen LogP contribution in [0.4, 0.5) is 4.39 Å². The summed E-state index contributed by atoms with van der Waals surface area (Å²) in [7, 11) is 0. The summed E-state index contributed by atoms with van der Waals surface area (Å²) in [5.74, 6) is -0.148. The minimum Gasteiger partial charge on any atom is -0.299 e. The van der Waals surface area contributed by atoms with Crippen LogP contribution in [0.25, 0.3) is 26.3 Å². The fraction of sp³-hybridized carbons (Fsp3) is 0.227. The first-order chi connectivity index (χ1) is 13.4. The average Bonchev–Trinajstić information content (AvgIpc) is 3.12. The fourth-order valence-electron chi connectivity index (χ4n) is 3.58. The zero-order valence-corrected chi connectivity index (χ0v) is 16.9. The first-order valence-electron chi connectivity index (χ1n) is 9.06. The van der Waals surface area contributed by atoms with Gasteiger partial charge in [-0.1, -0.05) is 6.08 Å². The molecule has 4 rings (SSSR count). The van der Waals surface area contributed by atoms with Gasteiger partial charge in [-0.2, -0.15) is 5.10 Å². The molecule has 0 saturated heterocycles. The van der Waals surface area contributed by atoms with Gasteiger partial charge >= 0.3 is 0 Å². The second-order valence-electron chi connectivity index (χ2n) is 7.00. The molecule has 6 heteroatoms. The Labute approximate surface area is 166 Å². The number of allylic oxidation sites excluding steroid dienone is 1. The van der Waals surface area contributed by atoms with Gasteiger partial charge in [-0.25, -0.2) is 13.9 Å². The molecule has 0 unspecified atom stereocenters. The predicted molar refractivity (Wildman–Crippen MR) is 112 cm³/mol. The van der Waals surface area contributed by atoms with Crippen LogP contribution < -0.4 is 0 Å². The smallest absolute Gasteiger partial charge is 0.158 e. The van der Waals surface area contributed by atoms with Crippen molar-refractivity contribution in [2.75, 3.05) is 0 Å². The molecular formula is C22H20FN3OS. The summed E-state index contributed by atoms with van der Waals surface area (Å²) < 4.78 is 16.6. The van der Waals surface area contributed by atoms with Gasteiger partial charge in [-0.15, -0.1) is 17.9 Å². The molecule has 142 valence electrons. The minimum atomic E-state index is -0.244. The zero-order valence-electron chi connectivity index (χ0n) is 16.0. The lowest BCUT2D eigenvalue weighted by atomic mass is 10.1. The second-order valence-corrected chi connectivity index (χ2v) is 8.05. The highest BCUT2D eigenvalue weighted by Gasteiger charge is 2.21. The number of carbonyl (C=O) groups excluding carboxylic acids is 1. The third-order valence-electron chi connectivity index (χ3n) is 4.83. The van der Waals surface area contributed by atoms with Crippen LogP contribution >= 0.6 is 11.3 Å². The van der Waals surface area contributed by atoms with E-state index < -0.39 is 0 Å². The number of imidazole rings is 1. The van der Waals surface area contributed by atoms with Crippen molar-refractivity contribution in [3.05, 3.63) is 65.3 Å². The Kier molecular flexibility index (Phi) is 4.59. The van der Waals surface area contributed by atoms with Gasteiger partial charge in [0.05, 0.1) is 16.3 Å². The van der Waals surface area contributed by atoms with Gasteiger partial charge in [-0.05, 0) is 56.0 Å². The Morgan fingerprint density at radius 3 is 2.82 bits per heavy atom. The van der Waals surface area contributed by atoms with E-state index in [0.717, 1.165) is 43.2 Å². The van der Waals surface area contributed by atoms with Crippen molar-refractivity contribution in [1.29, 1.82) is 0 Å². The first kappa shape index (κ1) is 18.5. The lowest BCUT2D eigenvalue weighted by Crippen LogP contribution is -2.06. The maximum Gasteiger partial charge on any atom is 0.158 e. The number of thiophene rings is 1. The fourth-order valence-corrected chi connectivity index (χ4v) is 4.85. The van der Waals surface area contributed by atoms with Crippen LogP contribution in [0.5, 0.6) is 0 Å². The molecule has 0 N–H and O–H groups in total. The maximum absolute atomic E-state index is 13.7. The normalized spacial score (nSPS) is 11.4. The van der Waals surface area contributed by atoms with Gasteiger partial charge in [0, 0.05) is 23.1 Å². The number of rotatable bonds is 5. The monoisotopic (exact) mass is 393 g/mol. The maximum atomic E-state index is 13.7. The summed E-state index contributed by atoms with van der Waals surface area (Å²) in [6.45, 7) is 9.49. The third-order valence-corrected chi connectivity index (χ3v) is 6.11. The quantitative estimate of drug-likeness (QED) is 0.429. The highest BCUT2D eigenvalue weighted by atomic mass is 32.1. The van der Waals surface area contributed by atoms with Crippen LogP contribution in [0.15, 0.2) is 36.9 Å². The number of nitrogens with zero attached hydrogens (tertiary/aromatic N) is 3. The van der Waals surface area contributed by atoms with Crippen LogP contribution in [-0.4, -0.2) is 20.4 Å². The Balaban J connectivity index is 1.95. The largest absolute Gasteiger partial charge is 0.299 e. The van der Waals surface area contributed by atoms with Gasteiger partial charge in [0.15, 0.2) is 5.65 Å². The molecule has 0 radical (unpaired) electrons. The van der Waals surface area contributed by atoms with E-state index >= 15 is 0 Å². The molecule has 28 heavy (non-hydrogen) atoms. The predicted octanol–water partition coefficient (Wildman–Crippen LogP) is 5.36. The van der Waals surface area contributed by atoms with E-state index in [-0.39, 0.29) is 11.6 Å². The SMILES string of the molecule is C=CCC(=O)Cc1cc(C)nn2c(-c3sc4ccc(F)cc4c3C)c(C)nc12. The van der Waals surface area contributed by atoms with Crippen LogP contribution in [0.1, 0.15) is 28.9 Å². The van der Waals surface area contributed by atoms with E-state index in [4.69, 9.17) is 4.98 Å². The van der Waals surface area contributed by atoms with Crippen molar-refractivity contribution in [2.24, 2.45) is 0 Å². The standard InChI is InChI=1S/C22H20FN3OS/c1-5-6-17(27)10-15-9-12(2)25-26-20(14(4)24-22(15)26)21-13(3)18-11-16(23)7-8-19(18)28-21/h5,7-9,11H,1,6,10H2,2-4H3. The van der Waals surface area contributed by atoms with Crippen LogP contribution in [0.2, 0.25) is 0 Å². The van der Waals surface area contributed by atoms with Crippen molar-refractivity contribution in [2.45, 2.75) is 33.6 Å². The van der Waals surface area contributed by atoms with E-state index in [1.54, 1.807) is 23.5 Å². The lowest BCUT2D eigenvalue weighted by Gasteiger charge is -2.06. The Morgan fingerprint density at radius 2 is 2.07 bits per heavy atom. The molecule has 0 aliphatic rings. The third kappa shape index (κ3) is 3.03. The minimum absolute atomic E-state index is 0.0956. The number of Topliss-reactive ketones (excluding diaryl/α,β-unsaturated/α-hetero) is 1.